The summed E-state index contributed by atoms with van der Waals surface area (Å²) in [4.78, 5) is 28.2. The summed E-state index contributed by atoms with van der Waals surface area (Å²) in [5.74, 6) is -0.206. The lowest BCUT2D eigenvalue weighted by molar-refractivity contribution is -0.136. The topological polar surface area (TPSA) is 102 Å². The summed E-state index contributed by atoms with van der Waals surface area (Å²) in [5.41, 5.74) is 9.39. The van der Waals surface area contributed by atoms with Crippen LogP contribution in [-0.2, 0) is 4.79 Å². The van der Waals surface area contributed by atoms with Crippen LogP contribution in [0.25, 0.3) is 28.0 Å². The Labute approximate surface area is 212 Å². The van der Waals surface area contributed by atoms with Gasteiger partial charge < -0.3 is 15.5 Å². The number of benzene rings is 2. The molecule has 4 aromatic rings. The van der Waals surface area contributed by atoms with Crippen LogP contribution >= 0.6 is 23.2 Å². The number of nitrogens with two attached hydrogens (primary N) is 1. The normalized spacial score (nSPS) is 12.1. The number of hydrogen-bond donors (Lipinski definition) is 2. The zero-order chi connectivity index (χ0) is 25.1. The molecule has 3 N–H and O–H groups in total. The van der Waals surface area contributed by atoms with Gasteiger partial charge in [-0.2, -0.15) is 5.10 Å². The molecule has 0 saturated carbocycles. The molecule has 0 fully saturated rings. The lowest BCUT2D eigenvalue weighted by Gasteiger charge is -2.14. The summed E-state index contributed by atoms with van der Waals surface area (Å²) in [6.07, 6.45) is 3.45. The third kappa shape index (κ3) is 5.27. The van der Waals surface area contributed by atoms with Gasteiger partial charge in [-0.05, 0) is 43.2 Å². The number of aromatic nitrogens is 3. The first-order chi connectivity index (χ1) is 16.8. The van der Waals surface area contributed by atoms with Crippen molar-refractivity contribution in [3.05, 3.63) is 74.6 Å². The number of unbranched alkanes of at least 4 members (excludes halogenated alkanes) is 2. The molecule has 0 aliphatic carbocycles. The minimum Gasteiger partial charge on any atom is -0.425 e. The van der Waals surface area contributed by atoms with Crippen molar-refractivity contribution in [2.45, 2.75) is 45.6 Å². The van der Waals surface area contributed by atoms with Gasteiger partial charge in [-0.1, -0.05) is 67.6 Å². The number of hydrogen-bond acceptors (Lipinski definition) is 5. The average Bonchev–Trinajstić information content (AvgIpc) is 3.16. The molecule has 0 amide bonds. The first-order valence-corrected chi connectivity index (χ1v) is 12.2. The van der Waals surface area contributed by atoms with Crippen molar-refractivity contribution in [2.24, 2.45) is 5.73 Å². The summed E-state index contributed by atoms with van der Waals surface area (Å²) in [6.45, 7) is 3.93. The zero-order valence-corrected chi connectivity index (χ0v) is 21.0. The summed E-state index contributed by atoms with van der Waals surface area (Å²) in [5, 5.41) is 5.50. The standard InChI is InChI=1S/C26H26Cl2N4O3/c1-3-4-5-9-20(29)26(34)35-22-10-7-6-8-17(22)21-14-23(33)30-25-24(15(2)31-32(21)25)16-11-12-18(27)19(28)13-16/h6-8,10-14,20H,3-5,9,29H2,1-2H3,(H,30,33)/t20-/m0/s1. The third-order valence-corrected chi connectivity index (χ3v) is 6.54. The Bertz CT molecular complexity index is 1440. The fourth-order valence-corrected chi connectivity index (χ4v) is 4.33. The van der Waals surface area contributed by atoms with Gasteiger partial charge in [0.05, 0.1) is 21.4 Å². The van der Waals surface area contributed by atoms with E-state index in [-0.39, 0.29) is 5.56 Å². The maximum atomic E-state index is 12.7. The number of carbonyl (C=O) groups is 1. The highest BCUT2D eigenvalue weighted by Gasteiger charge is 2.21. The molecule has 9 heteroatoms. The average molecular weight is 513 g/mol. The van der Waals surface area contributed by atoms with Crippen LogP contribution in [0.5, 0.6) is 5.75 Å². The van der Waals surface area contributed by atoms with Crippen LogP contribution in [0.4, 0.5) is 0 Å². The molecule has 2 aromatic carbocycles. The minimum absolute atomic E-state index is 0.305. The van der Waals surface area contributed by atoms with E-state index in [0.29, 0.717) is 44.8 Å². The van der Waals surface area contributed by atoms with Crippen LogP contribution in [0, 0.1) is 6.92 Å². The van der Waals surface area contributed by atoms with E-state index in [0.717, 1.165) is 30.4 Å². The van der Waals surface area contributed by atoms with Gasteiger partial charge in [0, 0.05) is 17.2 Å². The zero-order valence-electron chi connectivity index (χ0n) is 19.5. The number of esters is 1. The molecular weight excluding hydrogens is 487 g/mol. The summed E-state index contributed by atoms with van der Waals surface area (Å²) >= 11 is 12.3. The van der Waals surface area contributed by atoms with Gasteiger partial charge in [0.15, 0.2) is 0 Å². The number of para-hydroxylation sites is 1. The van der Waals surface area contributed by atoms with Crippen molar-refractivity contribution < 1.29 is 9.53 Å². The third-order valence-electron chi connectivity index (χ3n) is 5.80. The number of carbonyl (C=O) groups excluding carboxylic acids is 1. The predicted molar refractivity (Wildman–Crippen MR) is 139 cm³/mol. The molecule has 0 spiro atoms. The fourth-order valence-electron chi connectivity index (χ4n) is 4.03. The number of fused-ring (bicyclic) bond motifs is 1. The highest BCUT2D eigenvalue weighted by Crippen LogP contribution is 2.35. The van der Waals surface area contributed by atoms with Crippen LogP contribution in [-0.4, -0.2) is 26.6 Å². The Morgan fingerprint density at radius 1 is 1.14 bits per heavy atom. The molecule has 0 radical (unpaired) electrons. The van der Waals surface area contributed by atoms with Gasteiger partial charge in [-0.15, -0.1) is 0 Å². The molecule has 0 bridgehead atoms. The SMILES string of the molecule is CCCCC[C@H](N)C(=O)Oc1ccccc1-c1cc(=O)[nH]c2c(-c3ccc(Cl)c(Cl)c3)c(C)nn12. The van der Waals surface area contributed by atoms with Gasteiger partial charge >= 0.3 is 5.97 Å². The number of aryl methyl sites for hydroxylation is 1. The van der Waals surface area contributed by atoms with Crippen molar-refractivity contribution in [3.8, 4) is 28.1 Å². The highest BCUT2D eigenvalue weighted by molar-refractivity contribution is 6.42. The monoisotopic (exact) mass is 512 g/mol. The van der Waals surface area contributed by atoms with E-state index < -0.39 is 12.0 Å². The van der Waals surface area contributed by atoms with Gasteiger partial charge in [0.1, 0.15) is 17.4 Å². The van der Waals surface area contributed by atoms with E-state index in [9.17, 15) is 9.59 Å². The van der Waals surface area contributed by atoms with E-state index in [1.807, 2.05) is 13.0 Å². The van der Waals surface area contributed by atoms with E-state index >= 15 is 0 Å². The Morgan fingerprint density at radius 3 is 2.66 bits per heavy atom. The van der Waals surface area contributed by atoms with Gasteiger partial charge in [-0.25, -0.2) is 9.31 Å². The van der Waals surface area contributed by atoms with E-state index in [1.165, 1.54) is 6.07 Å². The second-order valence-corrected chi connectivity index (χ2v) is 9.20. The first kappa shape index (κ1) is 25.0. The van der Waals surface area contributed by atoms with Crippen molar-refractivity contribution in [2.75, 3.05) is 0 Å². The number of aromatic amines is 1. The molecule has 7 nitrogen and oxygen atoms in total. The largest absolute Gasteiger partial charge is 0.425 e. The van der Waals surface area contributed by atoms with E-state index in [1.54, 1.807) is 40.9 Å². The summed E-state index contributed by atoms with van der Waals surface area (Å²) in [7, 11) is 0. The van der Waals surface area contributed by atoms with Crippen LogP contribution in [0.1, 0.15) is 38.3 Å². The first-order valence-electron chi connectivity index (χ1n) is 11.4. The maximum Gasteiger partial charge on any atom is 0.328 e. The molecule has 2 aromatic heterocycles. The molecule has 2 heterocycles. The Morgan fingerprint density at radius 2 is 1.91 bits per heavy atom. The number of nitrogens with one attached hydrogen (secondary N) is 1. The smallest absolute Gasteiger partial charge is 0.328 e. The molecule has 0 unspecified atom stereocenters. The number of ether oxygens (including phenoxy) is 1. The highest BCUT2D eigenvalue weighted by atomic mass is 35.5. The molecular formula is C26H26Cl2N4O3. The predicted octanol–water partition coefficient (Wildman–Crippen LogP) is 5.78. The Hall–Kier alpha value is -3.13. The second kappa shape index (κ2) is 10.6. The molecule has 0 saturated heterocycles. The second-order valence-electron chi connectivity index (χ2n) is 8.39. The molecule has 35 heavy (non-hydrogen) atoms. The number of H-pyrrole nitrogens is 1. The summed E-state index contributed by atoms with van der Waals surface area (Å²) in [6, 6.07) is 13.0. The van der Waals surface area contributed by atoms with Gasteiger partial charge in [0.25, 0.3) is 5.56 Å². The van der Waals surface area contributed by atoms with Gasteiger partial charge in [0.2, 0.25) is 0 Å². The van der Waals surface area contributed by atoms with E-state index in [2.05, 4.69) is 17.0 Å². The number of nitrogens with zero attached hydrogens (tertiary/aromatic N) is 2. The minimum atomic E-state index is -0.720. The lowest BCUT2D eigenvalue weighted by Crippen LogP contribution is -2.34. The van der Waals surface area contributed by atoms with Crippen molar-refractivity contribution >= 4 is 34.8 Å². The summed E-state index contributed by atoms with van der Waals surface area (Å²) < 4.78 is 7.31. The Kier molecular flexibility index (Phi) is 7.60. The van der Waals surface area contributed by atoms with E-state index in [4.69, 9.17) is 33.7 Å². The molecule has 182 valence electrons. The van der Waals surface area contributed by atoms with Crippen molar-refractivity contribution in [3.63, 3.8) is 0 Å². The quantitative estimate of drug-likeness (QED) is 0.177. The number of halogens is 2. The number of rotatable bonds is 8. The molecule has 0 aliphatic rings. The van der Waals surface area contributed by atoms with Crippen molar-refractivity contribution in [1.29, 1.82) is 0 Å². The molecule has 1 atom stereocenters. The van der Waals surface area contributed by atoms with Crippen LogP contribution in [0.2, 0.25) is 10.0 Å². The maximum absolute atomic E-state index is 12.7. The molecule has 4 rings (SSSR count). The Balaban J connectivity index is 1.78. The van der Waals surface area contributed by atoms with Gasteiger partial charge in [-0.3, -0.25) is 4.79 Å². The van der Waals surface area contributed by atoms with Crippen LogP contribution in [0.3, 0.4) is 0 Å². The molecule has 0 aliphatic heterocycles. The lowest BCUT2D eigenvalue weighted by atomic mass is 10.1. The van der Waals surface area contributed by atoms with Crippen LogP contribution < -0.4 is 16.0 Å². The van der Waals surface area contributed by atoms with Crippen LogP contribution in [0.15, 0.2) is 53.3 Å². The van der Waals surface area contributed by atoms with Crippen molar-refractivity contribution in [1.82, 2.24) is 14.6 Å². The fraction of sp³-hybridized carbons (Fsp3) is 0.269.